The first-order valence-corrected chi connectivity index (χ1v) is 6.71. The highest BCUT2D eigenvalue weighted by Gasteiger charge is 2.09. The molecule has 0 aliphatic rings. The van der Waals surface area contributed by atoms with Crippen LogP contribution in [0.15, 0.2) is 22.7 Å². The molecule has 1 heterocycles. The summed E-state index contributed by atoms with van der Waals surface area (Å²) in [7, 11) is 0. The van der Waals surface area contributed by atoms with Gasteiger partial charge in [0.25, 0.3) is 0 Å². The molecule has 84 valence electrons. The van der Waals surface area contributed by atoms with Gasteiger partial charge in [0, 0.05) is 15.8 Å². The highest BCUT2D eigenvalue weighted by molar-refractivity contribution is 9.10. The molecule has 2 nitrogen and oxygen atoms in total. The minimum Gasteiger partial charge on any atom is -0.375 e. The Morgan fingerprint density at radius 2 is 2.25 bits per heavy atom. The van der Waals surface area contributed by atoms with E-state index in [9.17, 15) is 0 Å². The molecule has 0 spiro atoms. The van der Waals surface area contributed by atoms with Gasteiger partial charge in [0.05, 0.1) is 10.7 Å². The molecule has 0 fully saturated rings. The number of thiazole rings is 1. The number of aromatic nitrogens is 1. The molecule has 0 atom stereocenters. The number of nitrogens with two attached hydrogens (primary N) is 1. The smallest absolute Gasteiger partial charge is 0.180 e. The summed E-state index contributed by atoms with van der Waals surface area (Å²) in [6.07, 6.45) is 0.807. The minimum absolute atomic E-state index is 0.616. The predicted octanol–water partition coefficient (Wildman–Crippen LogP) is 4.04. The number of nitrogens with zero attached hydrogens (tertiary/aromatic N) is 1. The van der Waals surface area contributed by atoms with Crippen molar-refractivity contribution in [1.82, 2.24) is 4.98 Å². The molecular weight excluding hydrogens is 308 g/mol. The molecule has 0 bridgehead atoms. The van der Waals surface area contributed by atoms with Crippen molar-refractivity contribution >= 4 is 44.0 Å². The Morgan fingerprint density at radius 1 is 1.50 bits per heavy atom. The van der Waals surface area contributed by atoms with E-state index in [1.165, 1.54) is 16.2 Å². The number of benzene rings is 1. The second kappa shape index (κ2) is 4.73. The van der Waals surface area contributed by atoms with Gasteiger partial charge in [-0.2, -0.15) is 0 Å². The van der Waals surface area contributed by atoms with Gasteiger partial charge in [-0.05, 0) is 34.5 Å². The van der Waals surface area contributed by atoms with Crippen LogP contribution >= 0.6 is 38.9 Å². The van der Waals surface area contributed by atoms with Gasteiger partial charge in [-0.15, -0.1) is 11.3 Å². The van der Waals surface area contributed by atoms with E-state index in [1.807, 2.05) is 25.1 Å². The van der Waals surface area contributed by atoms with Gasteiger partial charge in [-0.25, -0.2) is 4.98 Å². The maximum Gasteiger partial charge on any atom is 0.180 e. The molecule has 0 unspecified atom stereocenters. The quantitative estimate of drug-likeness (QED) is 0.908. The van der Waals surface area contributed by atoms with Crippen LogP contribution in [-0.2, 0) is 6.42 Å². The molecule has 1 aromatic carbocycles. The summed E-state index contributed by atoms with van der Waals surface area (Å²) in [6, 6.07) is 5.86. The number of halogens is 2. The van der Waals surface area contributed by atoms with Crippen LogP contribution in [0.25, 0.3) is 0 Å². The standard InChI is InChI=1S/C11H10BrClN2S/c1-6-9(16-11(14)15-6)5-7-3-2-4-8(13)10(7)12/h2-4H,5H2,1H3,(H2,14,15). The van der Waals surface area contributed by atoms with Crippen LogP contribution in [-0.4, -0.2) is 4.98 Å². The van der Waals surface area contributed by atoms with Gasteiger partial charge in [0.2, 0.25) is 0 Å². The van der Waals surface area contributed by atoms with Gasteiger partial charge < -0.3 is 5.73 Å². The number of aryl methyl sites for hydroxylation is 1. The third kappa shape index (κ3) is 2.39. The summed E-state index contributed by atoms with van der Waals surface area (Å²) in [4.78, 5) is 5.39. The fraction of sp³-hybridized carbons (Fsp3) is 0.182. The van der Waals surface area contributed by atoms with E-state index in [-0.39, 0.29) is 0 Å². The maximum atomic E-state index is 6.04. The molecule has 0 saturated carbocycles. The van der Waals surface area contributed by atoms with E-state index in [0.29, 0.717) is 5.13 Å². The Balaban J connectivity index is 2.34. The van der Waals surface area contributed by atoms with Crippen molar-refractivity contribution in [2.24, 2.45) is 0 Å². The van der Waals surface area contributed by atoms with E-state index in [0.717, 1.165) is 27.2 Å². The Labute approximate surface area is 112 Å². The van der Waals surface area contributed by atoms with Crippen molar-refractivity contribution < 1.29 is 0 Å². The minimum atomic E-state index is 0.616. The lowest BCUT2D eigenvalue weighted by molar-refractivity contribution is 1.14. The number of nitrogen functional groups attached to an aromatic ring is 1. The predicted molar refractivity (Wildman–Crippen MR) is 73.2 cm³/mol. The highest BCUT2D eigenvalue weighted by Crippen LogP contribution is 2.30. The molecule has 2 rings (SSSR count). The largest absolute Gasteiger partial charge is 0.375 e. The Morgan fingerprint density at radius 3 is 2.88 bits per heavy atom. The van der Waals surface area contributed by atoms with Crippen molar-refractivity contribution in [2.45, 2.75) is 13.3 Å². The average Bonchev–Trinajstić information content (AvgIpc) is 2.53. The van der Waals surface area contributed by atoms with Crippen LogP contribution in [0.3, 0.4) is 0 Å². The molecule has 2 aromatic rings. The van der Waals surface area contributed by atoms with Gasteiger partial charge in [0.1, 0.15) is 0 Å². The molecule has 16 heavy (non-hydrogen) atoms. The molecule has 0 aliphatic heterocycles. The second-order valence-electron chi connectivity index (χ2n) is 3.45. The first-order valence-electron chi connectivity index (χ1n) is 4.72. The average molecular weight is 318 g/mol. The molecule has 0 saturated heterocycles. The zero-order chi connectivity index (χ0) is 11.7. The molecule has 0 radical (unpaired) electrons. The third-order valence-corrected chi connectivity index (χ3v) is 4.76. The van der Waals surface area contributed by atoms with E-state index in [4.69, 9.17) is 17.3 Å². The molecule has 1 aromatic heterocycles. The monoisotopic (exact) mass is 316 g/mol. The van der Waals surface area contributed by atoms with E-state index in [2.05, 4.69) is 20.9 Å². The first kappa shape index (κ1) is 11.9. The normalized spacial score (nSPS) is 10.7. The van der Waals surface area contributed by atoms with Gasteiger partial charge in [-0.3, -0.25) is 0 Å². The molecular formula is C11H10BrClN2S. The topological polar surface area (TPSA) is 38.9 Å². The zero-order valence-corrected chi connectivity index (χ0v) is 11.8. The summed E-state index contributed by atoms with van der Waals surface area (Å²) in [5.41, 5.74) is 7.82. The van der Waals surface area contributed by atoms with Crippen LogP contribution in [0.2, 0.25) is 5.02 Å². The Bertz CT molecular complexity index is 525. The fourth-order valence-corrected chi connectivity index (χ4v) is 2.93. The van der Waals surface area contributed by atoms with Crippen LogP contribution < -0.4 is 5.73 Å². The fourth-order valence-electron chi connectivity index (χ4n) is 1.47. The second-order valence-corrected chi connectivity index (χ2v) is 5.77. The lowest BCUT2D eigenvalue weighted by Crippen LogP contribution is -1.89. The van der Waals surface area contributed by atoms with Crippen molar-refractivity contribution in [2.75, 3.05) is 5.73 Å². The van der Waals surface area contributed by atoms with Crippen molar-refractivity contribution in [1.29, 1.82) is 0 Å². The Hall–Kier alpha value is -0.580. The lowest BCUT2D eigenvalue weighted by Gasteiger charge is -2.04. The molecule has 5 heteroatoms. The van der Waals surface area contributed by atoms with E-state index >= 15 is 0 Å². The molecule has 2 N–H and O–H groups in total. The summed E-state index contributed by atoms with van der Waals surface area (Å²) in [5.74, 6) is 0. The lowest BCUT2D eigenvalue weighted by atomic mass is 10.1. The van der Waals surface area contributed by atoms with Crippen molar-refractivity contribution in [3.05, 3.63) is 43.8 Å². The van der Waals surface area contributed by atoms with Crippen molar-refractivity contribution in [3.8, 4) is 0 Å². The summed E-state index contributed by atoms with van der Waals surface area (Å²) in [6.45, 7) is 1.97. The van der Waals surface area contributed by atoms with E-state index in [1.54, 1.807) is 0 Å². The zero-order valence-electron chi connectivity index (χ0n) is 8.63. The summed E-state index contributed by atoms with van der Waals surface area (Å²) >= 11 is 11.1. The van der Waals surface area contributed by atoms with E-state index < -0.39 is 0 Å². The SMILES string of the molecule is Cc1nc(N)sc1Cc1cccc(Cl)c1Br. The number of rotatable bonds is 2. The number of anilines is 1. The molecule has 0 amide bonds. The van der Waals surface area contributed by atoms with Crippen LogP contribution in [0, 0.1) is 6.92 Å². The highest BCUT2D eigenvalue weighted by atomic mass is 79.9. The third-order valence-electron chi connectivity index (χ3n) is 2.29. The summed E-state index contributed by atoms with van der Waals surface area (Å²) in [5, 5.41) is 1.35. The van der Waals surface area contributed by atoms with Gasteiger partial charge in [-0.1, -0.05) is 23.7 Å². The number of hydrogen-bond donors (Lipinski definition) is 1. The van der Waals surface area contributed by atoms with Crippen LogP contribution in [0.5, 0.6) is 0 Å². The summed E-state index contributed by atoms with van der Waals surface area (Å²) < 4.78 is 0.947. The first-order chi connectivity index (χ1) is 7.58. The van der Waals surface area contributed by atoms with Crippen LogP contribution in [0.1, 0.15) is 16.1 Å². The maximum absolute atomic E-state index is 6.04. The Kier molecular flexibility index (Phi) is 3.52. The van der Waals surface area contributed by atoms with Crippen molar-refractivity contribution in [3.63, 3.8) is 0 Å². The van der Waals surface area contributed by atoms with Gasteiger partial charge in [0.15, 0.2) is 5.13 Å². The number of hydrogen-bond acceptors (Lipinski definition) is 3. The molecule has 0 aliphatic carbocycles. The van der Waals surface area contributed by atoms with Gasteiger partial charge >= 0.3 is 0 Å². The van der Waals surface area contributed by atoms with Crippen LogP contribution in [0.4, 0.5) is 5.13 Å².